The minimum absolute atomic E-state index is 0.207. The zero-order valence-corrected chi connectivity index (χ0v) is 14.0. The van der Waals surface area contributed by atoms with E-state index in [-0.39, 0.29) is 11.9 Å². The van der Waals surface area contributed by atoms with Crippen LogP contribution in [-0.4, -0.2) is 37.3 Å². The molecule has 7 heteroatoms. The maximum Gasteiger partial charge on any atom is 0.319 e. The van der Waals surface area contributed by atoms with E-state index in [9.17, 15) is 9.18 Å². The van der Waals surface area contributed by atoms with Crippen LogP contribution in [0, 0.1) is 5.82 Å². The van der Waals surface area contributed by atoms with Gasteiger partial charge in [-0.3, -0.25) is 4.98 Å². The second-order valence-electron chi connectivity index (χ2n) is 5.90. The van der Waals surface area contributed by atoms with E-state index in [2.05, 4.69) is 15.6 Å². The monoisotopic (exact) mass is 344 g/mol. The highest BCUT2D eigenvalue weighted by molar-refractivity contribution is 5.90. The molecule has 2 N–H and O–H groups in total. The summed E-state index contributed by atoms with van der Waals surface area (Å²) in [7, 11) is 0. The third-order valence-electron chi connectivity index (χ3n) is 4.05. The normalized spacial score (nSPS) is 15.5. The van der Waals surface area contributed by atoms with Crippen LogP contribution in [0.25, 0.3) is 0 Å². The van der Waals surface area contributed by atoms with Gasteiger partial charge in [-0.1, -0.05) is 6.07 Å². The Morgan fingerprint density at radius 1 is 1.32 bits per heavy atom. The van der Waals surface area contributed by atoms with Gasteiger partial charge in [-0.2, -0.15) is 0 Å². The van der Waals surface area contributed by atoms with Gasteiger partial charge in [0.05, 0.1) is 19.3 Å². The highest BCUT2D eigenvalue weighted by Gasteiger charge is 2.14. The van der Waals surface area contributed by atoms with Gasteiger partial charge >= 0.3 is 6.03 Å². The van der Waals surface area contributed by atoms with Gasteiger partial charge in [-0.15, -0.1) is 0 Å². The SMILES string of the molecule is C[C@H](NC(=O)Nc1cc(F)cc(N2CCOCC2)c1)c1cccnc1. The van der Waals surface area contributed by atoms with Gasteiger partial charge in [0.25, 0.3) is 0 Å². The molecule has 0 aliphatic carbocycles. The number of hydrogen-bond donors (Lipinski definition) is 2. The van der Waals surface area contributed by atoms with Crippen molar-refractivity contribution in [1.29, 1.82) is 0 Å². The lowest BCUT2D eigenvalue weighted by atomic mass is 10.1. The Kier molecular flexibility index (Phi) is 5.45. The summed E-state index contributed by atoms with van der Waals surface area (Å²) < 4.78 is 19.2. The summed E-state index contributed by atoms with van der Waals surface area (Å²) in [5.41, 5.74) is 2.04. The number of carbonyl (C=O) groups is 1. The number of aromatic nitrogens is 1. The number of rotatable bonds is 4. The first-order valence-electron chi connectivity index (χ1n) is 8.22. The second kappa shape index (κ2) is 7.94. The summed E-state index contributed by atoms with van der Waals surface area (Å²) in [6.45, 7) is 4.49. The molecule has 1 aliphatic rings. The van der Waals surface area contributed by atoms with Crippen LogP contribution in [0.5, 0.6) is 0 Å². The fourth-order valence-electron chi connectivity index (χ4n) is 2.73. The lowest BCUT2D eigenvalue weighted by Crippen LogP contribution is -2.36. The molecule has 1 aliphatic heterocycles. The molecule has 1 atom stereocenters. The van der Waals surface area contributed by atoms with Gasteiger partial charge in [-0.05, 0) is 36.8 Å². The summed E-state index contributed by atoms with van der Waals surface area (Å²) >= 11 is 0. The van der Waals surface area contributed by atoms with Gasteiger partial charge in [0.2, 0.25) is 0 Å². The molecule has 0 saturated carbocycles. The standard InChI is InChI=1S/C18H21FN4O2/c1-13(14-3-2-4-20-12-14)21-18(24)22-16-9-15(19)10-17(11-16)23-5-7-25-8-6-23/h2-4,9-13H,5-8H2,1H3,(H2,21,22,24)/t13-/m0/s1. The number of ether oxygens (including phenoxy) is 1. The molecule has 25 heavy (non-hydrogen) atoms. The van der Waals surface area contributed by atoms with Crippen molar-refractivity contribution < 1.29 is 13.9 Å². The Morgan fingerprint density at radius 3 is 2.84 bits per heavy atom. The van der Waals surface area contributed by atoms with Crippen LogP contribution in [0.4, 0.5) is 20.6 Å². The molecule has 3 rings (SSSR count). The lowest BCUT2D eigenvalue weighted by Gasteiger charge is -2.29. The number of benzene rings is 1. The molecule has 0 unspecified atom stereocenters. The second-order valence-corrected chi connectivity index (χ2v) is 5.90. The van der Waals surface area contributed by atoms with E-state index in [1.165, 1.54) is 12.1 Å². The molecule has 1 aromatic heterocycles. The van der Waals surface area contributed by atoms with Crippen molar-refractivity contribution in [2.24, 2.45) is 0 Å². The molecule has 0 bridgehead atoms. The van der Waals surface area contributed by atoms with Gasteiger partial charge in [0.1, 0.15) is 5.82 Å². The van der Waals surface area contributed by atoms with Crippen molar-refractivity contribution in [3.8, 4) is 0 Å². The molecule has 1 fully saturated rings. The topological polar surface area (TPSA) is 66.5 Å². The van der Waals surface area contributed by atoms with Gasteiger partial charge < -0.3 is 20.3 Å². The summed E-state index contributed by atoms with van der Waals surface area (Å²) in [5.74, 6) is -0.389. The predicted octanol–water partition coefficient (Wildman–Crippen LogP) is 2.94. The predicted molar refractivity (Wildman–Crippen MR) is 94.2 cm³/mol. The molecular formula is C18H21FN4O2. The average molecular weight is 344 g/mol. The quantitative estimate of drug-likeness (QED) is 0.895. The van der Waals surface area contributed by atoms with Crippen molar-refractivity contribution >= 4 is 17.4 Å². The van der Waals surface area contributed by atoms with Crippen LogP contribution in [0.1, 0.15) is 18.5 Å². The number of anilines is 2. The number of morpholine rings is 1. The number of urea groups is 1. The van der Waals surface area contributed by atoms with E-state index in [0.717, 1.165) is 11.3 Å². The van der Waals surface area contributed by atoms with Crippen molar-refractivity contribution in [1.82, 2.24) is 10.3 Å². The molecule has 1 aromatic carbocycles. The molecular weight excluding hydrogens is 323 g/mol. The molecule has 2 heterocycles. The summed E-state index contributed by atoms with van der Waals surface area (Å²) in [4.78, 5) is 18.3. The molecule has 2 aromatic rings. The van der Waals surface area contributed by atoms with Crippen LogP contribution in [0.2, 0.25) is 0 Å². The Morgan fingerprint density at radius 2 is 2.12 bits per heavy atom. The Balaban J connectivity index is 1.65. The van der Waals surface area contributed by atoms with Crippen LogP contribution < -0.4 is 15.5 Å². The smallest absolute Gasteiger partial charge is 0.319 e. The zero-order valence-electron chi connectivity index (χ0n) is 14.0. The number of amides is 2. The molecule has 1 saturated heterocycles. The van der Waals surface area contributed by atoms with Gasteiger partial charge in [0.15, 0.2) is 0 Å². The van der Waals surface area contributed by atoms with Gasteiger partial charge in [-0.25, -0.2) is 9.18 Å². The molecule has 0 radical (unpaired) electrons. The number of halogens is 1. The van der Waals surface area contributed by atoms with E-state index in [1.807, 2.05) is 24.0 Å². The fourth-order valence-corrected chi connectivity index (χ4v) is 2.73. The van der Waals surface area contributed by atoms with Crippen molar-refractivity contribution in [3.05, 3.63) is 54.1 Å². The number of nitrogens with one attached hydrogen (secondary N) is 2. The first-order valence-corrected chi connectivity index (χ1v) is 8.22. The largest absolute Gasteiger partial charge is 0.378 e. The van der Waals surface area contributed by atoms with Crippen LogP contribution in [0.3, 0.4) is 0 Å². The Labute approximate surface area is 146 Å². The van der Waals surface area contributed by atoms with Crippen molar-refractivity contribution in [2.45, 2.75) is 13.0 Å². The summed E-state index contributed by atoms with van der Waals surface area (Å²) in [6, 6.07) is 7.63. The highest BCUT2D eigenvalue weighted by Crippen LogP contribution is 2.23. The maximum atomic E-state index is 13.9. The maximum absolute atomic E-state index is 13.9. The van der Waals surface area contributed by atoms with E-state index in [0.29, 0.717) is 32.0 Å². The first-order chi connectivity index (χ1) is 12.1. The van der Waals surface area contributed by atoms with Crippen LogP contribution in [-0.2, 0) is 4.74 Å². The number of carbonyl (C=O) groups excluding carboxylic acids is 1. The molecule has 0 spiro atoms. The molecule has 132 valence electrons. The van der Waals surface area contributed by atoms with Crippen molar-refractivity contribution in [2.75, 3.05) is 36.5 Å². The summed E-state index contributed by atoms with van der Waals surface area (Å²) in [6.07, 6.45) is 3.37. The summed E-state index contributed by atoms with van der Waals surface area (Å²) in [5, 5.41) is 5.51. The third-order valence-corrected chi connectivity index (χ3v) is 4.05. The van der Waals surface area contributed by atoms with Gasteiger partial charge in [0, 0.05) is 36.9 Å². The number of pyridine rings is 1. The zero-order chi connectivity index (χ0) is 17.6. The van der Waals surface area contributed by atoms with Crippen LogP contribution >= 0.6 is 0 Å². The lowest BCUT2D eigenvalue weighted by molar-refractivity contribution is 0.122. The first kappa shape index (κ1) is 17.2. The van der Waals surface area contributed by atoms with E-state index >= 15 is 0 Å². The minimum atomic E-state index is -0.394. The van der Waals surface area contributed by atoms with Crippen molar-refractivity contribution in [3.63, 3.8) is 0 Å². The minimum Gasteiger partial charge on any atom is -0.378 e. The average Bonchev–Trinajstić information content (AvgIpc) is 2.62. The third kappa shape index (κ3) is 4.67. The van der Waals surface area contributed by atoms with E-state index in [4.69, 9.17) is 4.74 Å². The van der Waals surface area contributed by atoms with E-state index < -0.39 is 6.03 Å². The molecule has 6 nitrogen and oxygen atoms in total. The molecule has 2 amide bonds. The number of nitrogens with zero attached hydrogens (tertiary/aromatic N) is 2. The Bertz CT molecular complexity index is 720. The highest BCUT2D eigenvalue weighted by atomic mass is 19.1. The Hall–Kier alpha value is -2.67. The number of hydrogen-bond acceptors (Lipinski definition) is 4. The fraction of sp³-hybridized carbons (Fsp3) is 0.333. The van der Waals surface area contributed by atoms with Crippen LogP contribution in [0.15, 0.2) is 42.7 Å². The van der Waals surface area contributed by atoms with E-state index in [1.54, 1.807) is 18.5 Å².